The van der Waals surface area contributed by atoms with E-state index in [2.05, 4.69) is 10.1 Å². The summed E-state index contributed by atoms with van der Waals surface area (Å²) < 4.78 is 9.76. The van der Waals surface area contributed by atoms with Gasteiger partial charge in [0.2, 0.25) is 5.91 Å². The van der Waals surface area contributed by atoms with Crippen LogP contribution in [0.25, 0.3) is 0 Å². The van der Waals surface area contributed by atoms with E-state index in [4.69, 9.17) is 4.74 Å². The Morgan fingerprint density at radius 1 is 1.47 bits per heavy atom. The largest absolute Gasteiger partial charge is 0.465 e. The fraction of sp³-hybridized carbons (Fsp3) is 0.455. The Balaban J connectivity index is 2.59. The van der Waals surface area contributed by atoms with Gasteiger partial charge in [0.1, 0.15) is 11.5 Å². The number of rotatable bonds is 5. The van der Waals surface area contributed by atoms with Gasteiger partial charge in [-0.1, -0.05) is 0 Å². The van der Waals surface area contributed by atoms with Gasteiger partial charge in [-0.2, -0.15) is 0 Å². The second-order valence-electron chi connectivity index (χ2n) is 3.56. The van der Waals surface area contributed by atoms with Crippen molar-refractivity contribution in [3.63, 3.8) is 0 Å². The number of nitrogens with one attached hydrogen (secondary N) is 1. The van der Waals surface area contributed by atoms with Gasteiger partial charge in [0.25, 0.3) is 0 Å². The summed E-state index contributed by atoms with van der Waals surface area (Å²) in [4.78, 5) is 23.2. The predicted octanol–water partition coefficient (Wildman–Crippen LogP) is 1.90. The zero-order chi connectivity index (χ0) is 12.8. The minimum atomic E-state index is -0.458. The number of amides is 1. The van der Waals surface area contributed by atoms with Crippen LogP contribution in [-0.2, 0) is 14.3 Å². The molecule has 5 nitrogen and oxygen atoms in total. The minimum absolute atomic E-state index is 0.0108. The molecule has 0 aliphatic heterocycles. The molecule has 0 radical (unpaired) electrons. The summed E-state index contributed by atoms with van der Waals surface area (Å²) in [7, 11) is 1.30. The number of carbonyl (C=O) groups excluding carboxylic acids is 2. The van der Waals surface area contributed by atoms with Crippen molar-refractivity contribution >= 4 is 28.9 Å². The lowest BCUT2D eigenvalue weighted by Crippen LogP contribution is -2.21. The fourth-order valence-corrected chi connectivity index (χ4v) is 1.85. The maximum atomic E-state index is 11.5. The third-order valence-corrected chi connectivity index (χ3v) is 2.75. The van der Waals surface area contributed by atoms with E-state index in [1.807, 2.05) is 13.8 Å². The van der Waals surface area contributed by atoms with Gasteiger partial charge in [-0.05, 0) is 25.3 Å². The highest BCUT2D eigenvalue weighted by atomic mass is 32.1. The first kappa shape index (κ1) is 13.7. The predicted molar refractivity (Wildman–Crippen MR) is 65.4 cm³/mol. The van der Waals surface area contributed by atoms with E-state index in [-0.39, 0.29) is 18.6 Å². The van der Waals surface area contributed by atoms with Crippen molar-refractivity contribution in [2.75, 3.05) is 19.0 Å². The monoisotopic (exact) mass is 257 g/mol. The number of anilines is 1. The average Bonchev–Trinajstić information content (AvgIpc) is 2.73. The summed E-state index contributed by atoms with van der Waals surface area (Å²) in [6, 6.07) is 1.66. The van der Waals surface area contributed by atoms with Crippen LogP contribution in [0.2, 0.25) is 0 Å². The van der Waals surface area contributed by atoms with E-state index in [1.165, 1.54) is 18.4 Å². The molecule has 0 atom stereocenters. The van der Waals surface area contributed by atoms with Crippen molar-refractivity contribution in [3.05, 3.63) is 16.3 Å². The molecule has 0 aromatic carbocycles. The molecule has 1 rings (SSSR count). The van der Waals surface area contributed by atoms with Gasteiger partial charge in [-0.15, -0.1) is 11.3 Å². The normalized spacial score (nSPS) is 10.4. The molecule has 1 heterocycles. The van der Waals surface area contributed by atoms with Gasteiger partial charge in [0, 0.05) is 0 Å². The van der Waals surface area contributed by atoms with Gasteiger partial charge in [-0.3, -0.25) is 4.79 Å². The highest BCUT2D eigenvalue weighted by Crippen LogP contribution is 2.22. The SMILES string of the molecule is COC(=O)c1sccc1NC(=O)COC(C)C. The third-order valence-electron chi connectivity index (χ3n) is 1.86. The molecule has 1 amide bonds. The third kappa shape index (κ3) is 4.16. The number of carbonyl (C=O) groups is 2. The topological polar surface area (TPSA) is 64.6 Å². The van der Waals surface area contributed by atoms with Crippen molar-refractivity contribution in [1.29, 1.82) is 0 Å². The highest BCUT2D eigenvalue weighted by molar-refractivity contribution is 7.12. The molecule has 0 bridgehead atoms. The summed E-state index contributed by atoms with van der Waals surface area (Å²) in [5.74, 6) is -0.748. The first-order valence-corrected chi connectivity index (χ1v) is 5.99. The molecule has 0 spiro atoms. The summed E-state index contributed by atoms with van der Waals surface area (Å²) in [6.45, 7) is 3.66. The summed E-state index contributed by atoms with van der Waals surface area (Å²) >= 11 is 1.22. The smallest absolute Gasteiger partial charge is 0.350 e. The molecule has 17 heavy (non-hydrogen) atoms. The number of esters is 1. The first-order chi connectivity index (χ1) is 8.04. The molecule has 0 unspecified atom stereocenters. The lowest BCUT2D eigenvalue weighted by Gasteiger charge is -2.08. The number of hydrogen-bond acceptors (Lipinski definition) is 5. The first-order valence-electron chi connectivity index (χ1n) is 5.12. The molecule has 0 aliphatic carbocycles. The molecule has 94 valence electrons. The molecule has 0 saturated carbocycles. The number of ether oxygens (including phenoxy) is 2. The van der Waals surface area contributed by atoms with Gasteiger partial charge >= 0.3 is 5.97 Å². The number of thiophene rings is 1. The maximum Gasteiger partial charge on any atom is 0.350 e. The lowest BCUT2D eigenvalue weighted by molar-refractivity contribution is -0.121. The summed E-state index contributed by atoms with van der Waals surface area (Å²) in [5, 5.41) is 4.32. The van der Waals surface area contributed by atoms with E-state index >= 15 is 0 Å². The van der Waals surface area contributed by atoms with Crippen LogP contribution < -0.4 is 5.32 Å². The van der Waals surface area contributed by atoms with Crippen molar-refractivity contribution in [2.45, 2.75) is 20.0 Å². The Labute approximate surface area is 104 Å². The molecule has 0 saturated heterocycles. The lowest BCUT2D eigenvalue weighted by atomic mass is 10.4. The van der Waals surface area contributed by atoms with Crippen LogP contribution in [-0.4, -0.2) is 31.7 Å². The maximum absolute atomic E-state index is 11.5. The van der Waals surface area contributed by atoms with Gasteiger partial charge in [-0.25, -0.2) is 4.79 Å². The number of hydrogen-bond donors (Lipinski definition) is 1. The standard InChI is InChI=1S/C11H15NO4S/c1-7(2)16-6-9(13)12-8-4-5-17-10(8)11(14)15-3/h4-5,7H,6H2,1-3H3,(H,12,13). The van der Waals surface area contributed by atoms with Crippen LogP contribution in [0, 0.1) is 0 Å². The Morgan fingerprint density at radius 2 is 2.18 bits per heavy atom. The van der Waals surface area contributed by atoms with Crippen LogP contribution in [0.5, 0.6) is 0 Å². The molecule has 0 aliphatic rings. The molecule has 1 N–H and O–H groups in total. The van der Waals surface area contributed by atoms with Crippen LogP contribution >= 0.6 is 11.3 Å². The van der Waals surface area contributed by atoms with Crippen LogP contribution in [0.15, 0.2) is 11.4 Å². The second kappa shape index (κ2) is 6.36. The van der Waals surface area contributed by atoms with E-state index in [9.17, 15) is 9.59 Å². The van der Waals surface area contributed by atoms with Gasteiger partial charge in [0.15, 0.2) is 0 Å². The van der Waals surface area contributed by atoms with Gasteiger partial charge in [0.05, 0.1) is 18.9 Å². The molecule has 0 fully saturated rings. The molecule has 1 aromatic rings. The van der Waals surface area contributed by atoms with E-state index < -0.39 is 5.97 Å². The fourth-order valence-electron chi connectivity index (χ4n) is 1.09. The Hall–Kier alpha value is -1.40. The average molecular weight is 257 g/mol. The second-order valence-corrected chi connectivity index (χ2v) is 4.48. The Bertz CT molecular complexity index is 400. The highest BCUT2D eigenvalue weighted by Gasteiger charge is 2.15. The zero-order valence-electron chi connectivity index (χ0n) is 9.98. The summed E-state index contributed by atoms with van der Waals surface area (Å²) in [6.07, 6.45) is -0.0108. The van der Waals surface area contributed by atoms with E-state index in [0.29, 0.717) is 10.6 Å². The molecular weight excluding hydrogens is 242 g/mol. The quantitative estimate of drug-likeness (QED) is 0.818. The molecular formula is C11H15NO4S. The zero-order valence-corrected chi connectivity index (χ0v) is 10.8. The van der Waals surface area contributed by atoms with Crippen LogP contribution in [0.4, 0.5) is 5.69 Å². The minimum Gasteiger partial charge on any atom is -0.465 e. The van der Waals surface area contributed by atoms with E-state index in [1.54, 1.807) is 11.4 Å². The van der Waals surface area contributed by atoms with Gasteiger partial charge < -0.3 is 14.8 Å². The molecule has 6 heteroatoms. The number of methoxy groups -OCH3 is 1. The Kier molecular flexibility index (Phi) is 5.11. The van der Waals surface area contributed by atoms with Crippen molar-refractivity contribution in [1.82, 2.24) is 0 Å². The van der Waals surface area contributed by atoms with Crippen LogP contribution in [0.1, 0.15) is 23.5 Å². The Morgan fingerprint density at radius 3 is 2.76 bits per heavy atom. The van der Waals surface area contributed by atoms with Crippen LogP contribution in [0.3, 0.4) is 0 Å². The van der Waals surface area contributed by atoms with Crippen molar-refractivity contribution in [2.24, 2.45) is 0 Å². The molecule has 1 aromatic heterocycles. The van der Waals surface area contributed by atoms with Crippen molar-refractivity contribution < 1.29 is 19.1 Å². The summed E-state index contributed by atoms with van der Waals surface area (Å²) in [5.41, 5.74) is 0.458. The van der Waals surface area contributed by atoms with E-state index in [0.717, 1.165) is 0 Å². The van der Waals surface area contributed by atoms with Crippen molar-refractivity contribution in [3.8, 4) is 0 Å².